The van der Waals surface area contributed by atoms with Crippen LogP contribution in [-0.4, -0.2) is 21.7 Å². The number of carbonyl (C=O) groups is 1. The van der Waals surface area contributed by atoms with Gasteiger partial charge in [-0.2, -0.15) is 0 Å². The van der Waals surface area contributed by atoms with Crippen LogP contribution in [-0.2, 0) is 11.3 Å². The third-order valence-corrected chi connectivity index (χ3v) is 5.75. The van der Waals surface area contributed by atoms with Crippen LogP contribution in [0.15, 0.2) is 39.9 Å². The van der Waals surface area contributed by atoms with E-state index in [0.29, 0.717) is 34.1 Å². The number of amides is 1. The van der Waals surface area contributed by atoms with Gasteiger partial charge in [-0.25, -0.2) is 0 Å². The number of nitrogens with zero attached hydrogens (tertiary/aromatic N) is 1. The van der Waals surface area contributed by atoms with Crippen molar-refractivity contribution in [3.8, 4) is 5.75 Å². The Kier molecular flexibility index (Phi) is 6.07. The van der Waals surface area contributed by atoms with E-state index < -0.39 is 0 Å². The fourth-order valence-corrected chi connectivity index (χ4v) is 4.18. The first kappa shape index (κ1) is 19.7. The molecule has 6 heteroatoms. The summed E-state index contributed by atoms with van der Waals surface area (Å²) in [5.41, 5.74) is 3.22. The van der Waals surface area contributed by atoms with Crippen molar-refractivity contribution in [3.63, 3.8) is 0 Å². The largest absolute Gasteiger partial charge is 0.494 e. The van der Waals surface area contributed by atoms with Gasteiger partial charge >= 0.3 is 0 Å². The molecule has 1 amide bonds. The number of rotatable bonds is 6. The molecule has 0 aliphatic carbocycles. The molecule has 2 aromatic rings. The fourth-order valence-electron chi connectivity index (χ4n) is 2.94. The van der Waals surface area contributed by atoms with Crippen molar-refractivity contribution in [2.45, 2.75) is 40.2 Å². The van der Waals surface area contributed by atoms with Gasteiger partial charge in [0.2, 0.25) is 0 Å². The topological polar surface area (TPSA) is 42.7 Å². The van der Waals surface area contributed by atoms with Crippen LogP contribution in [0.25, 0.3) is 6.08 Å². The molecule has 0 unspecified atom stereocenters. The maximum absolute atomic E-state index is 12.8. The van der Waals surface area contributed by atoms with Crippen molar-refractivity contribution in [1.82, 2.24) is 4.90 Å². The van der Waals surface area contributed by atoms with Crippen LogP contribution in [0.1, 0.15) is 49.1 Å². The van der Waals surface area contributed by atoms with E-state index in [0.717, 1.165) is 22.4 Å². The number of benzene rings is 1. The minimum atomic E-state index is -0.0826. The van der Waals surface area contributed by atoms with E-state index in [1.807, 2.05) is 32.1 Å². The summed E-state index contributed by atoms with van der Waals surface area (Å²) in [6.07, 6.45) is 3.53. The lowest BCUT2D eigenvalue weighted by atomic mass is 9.96. The predicted octanol–water partition coefficient (Wildman–Crippen LogP) is 5.51. The highest BCUT2D eigenvalue weighted by atomic mass is 32.2. The SMILES string of the molecule is CCOc1cc(C)c(C=C2SC(=S)N(Cc3ccco3)C2=O)cc1C(C)C. The minimum Gasteiger partial charge on any atom is -0.494 e. The molecule has 0 bridgehead atoms. The number of carbonyl (C=O) groups excluding carboxylic acids is 1. The second kappa shape index (κ2) is 8.31. The van der Waals surface area contributed by atoms with Gasteiger partial charge < -0.3 is 9.15 Å². The summed E-state index contributed by atoms with van der Waals surface area (Å²) in [7, 11) is 0. The first-order chi connectivity index (χ1) is 12.9. The second-order valence-electron chi connectivity index (χ2n) is 6.68. The van der Waals surface area contributed by atoms with Crippen LogP contribution in [0.5, 0.6) is 5.75 Å². The zero-order valence-corrected chi connectivity index (χ0v) is 17.6. The third-order valence-electron chi connectivity index (χ3n) is 4.37. The van der Waals surface area contributed by atoms with Crippen LogP contribution in [0.2, 0.25) is 0 Å². The third kappa shape index (κ3) is 4.28. The van der Waals surface area contributed by atoms with E-state index in [1.165, 1.54) is 11.8 Å². The quantitative estimate of drug-likeness (QED) is 0.471. The van der Waals surface area contributed by atoms with Crippen LogP contribution < -0.4 is 4.74 Å². The lowest BCUT2D eigenvalue weighted by molar-refractivity contribution is -0.122. The summed E-state index contributed by atoms with van der Waals surface area (Å²) >= 11 is 6.74. The van der Waals surface area contributed by atoms with Gasteiger partial charge in [-0.05, 0) is 66.8 Å². The van der Waals surface area contributed by atoms with Crippen LogP contribution >= 0.6 is 24.0 Å². The molecule has 1 saturated heterocycles. The van der Waals surface area contributed by atoms with Crippen molar-refractivity contribution >= 4 is 40.3 Å². The number of furan rings is 1. The average molecular weight is 402 g/mol. The van der Waals surface area contributed by atoms with Gasteiger partial charge in [-0.3, -0.25) is 9.69 Å². The summed E-state index contributed by atoms with van der Waals surface area (Å²) in [5, 5.41) is 0. The minimum absolute atomic E-state index is 0.0826. The van der Waals surface area contributed by atoms with Gasteiger partial charge in [0, 0.05) is 0 Å². The van der Waals surface area contributed by atoms with Crippen LogP contribution in [0.3, 0.4) is 0 Å². The number of ether oxygens (including phenoxy) is 1. The highest BCUT2D eigenvalue weighted by molar-refractivity contribution is 8.26. The highest BCUT2D eigenvalue weighted by Crippen LogP contribution is 2.36. The van der Waals surface area contributed by atoms with Crippen molar-refractivity contribution < 1.29 is 13.9 Å². The van der Waals surface area contributed by atoms with E-state index in [4.69, 9.17) is 21.4 Å². The Hall–Kier alpha value is -2.05. The molecule has 1 aliphatic rings. The molecule has 0 N–H and O–H groups in total. The molecule has 0 atom stereocenters. The average Bonchev–Trinajstić information content (AvgIpc) is 3.21. The summed E-state index contributed by atoms with van der Waals surface area (Å²) in [6, 6.07) is 7.81. The van der Waals surface area contributed by atoms with Gasteiger partial charge in [0.15, 0.2) is 0 Å². The summed E-state index contributed by atoms with van der Waals surface area (Å²) in [5.74, 6) is 1.87. The van der Waals surface area contributed by atoms with E-state index >= 15 is 0 Å². The number of thioether (sulfide) groups is 1. The summed E-state index contributed by atoms with van der Waals surface area (Å²) in [6.45, 7) is 9.28. The van der Waals surface area contributed by atoms with Crippen molar-refractivity contribution in [1.29, 1.82) is 0 Å². The summed E-state index contributed by atoms with van der Waals surface area (Å²) in [4.78, 5) is 15.0. The molecule has 1 aromatic carbocycles. The van der Waals surface area contributed by atoms with Crippen LogP contribution in [0, 0.1) is 6.92 Å². The second-order valence-corrected chi connectivity index (χ2v) is 8.36. The molecule has 1 aromatic heterocycles. The molecule has 4 nitrogen and oxygen atoms in total. The lowest BCUT2D eigenvalue weighted by Gasteiger charge is -2.16. The van der Waals surface area contributed by atoms with Gasteiger partial charge in [0.05, 0.1) is 24.3 Å². The highest BCUT2D eigenvalue weighted by Gasteiger charge is 2.32. The molecule has 0 radical (unpaired) electrons. The Morgan fingerprint density at radius 2 is 2.15 bits per heavy atom. The monoisotopic (exact) mass is 401 g/mol. The molecular weight excluding hydrogens is 378 g/mol. The van der Waals surface area contributed by atoms with Gasteiger partial charge in [0.25, 0.3) is 5.91 Å². The zero-order chi connectivity index (χ0) is 19.6. The Morgan fingerprint density at radius 1 is 1.37 bits per heavy atom. The Bertz CT molecular complexity index is 885. The number of hydrogen-bond donors (Lipinski definition) is 0. The number of aryl methyl sites for hydroxylation is 1. The maximum Gasteiger partial charge on any atom is 0.266 e. The lowest BCUT2D eigenvalue weighted by Crippen LogP contribution is -2.27. The molecule has 1 fully saturated rings. The molecule has 27 heavy (non-hydrogen) atoms. The fraction of sp³-hybridized carbons (Fsp3) is 0.333. The smallest absolute Gasteiger partial charge is 0.266 e. The Balaban J connectivity index is 1.91. The number of thiocarbonyl (C=S) groups is 1. The van der Waals surface area contributed by atoms with Crippen molar-refractivity contribution in [2.24, 2.45) is 0 Å². The molecular formula is C21H23NO3S2. The van der Waals surface area contributed by atoms with Crippen molar-refractivity contribution in [3.05, 3.63) is 57.9 Å². The summed E-state index contributed by atoms with van der Waals surface area (Å²) < 4.78 is 11.7. The molecule has 3 rings (SSSR count). The molecule has 1 aliphatic heterocycles. The molecule has 0 saturated carbocycles. The molecule has 2 heterocycles. The van der Waals surface area contributed by atoms with Crippen molar-refractivity contribution in [2.75, 3.05) is 6.61 Å². The standard InChI is InChI=1S/C21H23NO3S2/c1-5-24-18-9-14(4)15(10-17(18)13(2)3)11-19-20(23)22(21(26)27-19)12-16-7-6-8-25-16/h6-11,13H,5,12H2,1-4H3. The molecule has 0 spiro atoms. The van der Waals surface area contributed by atoms with Gasteiger partial charge in [0.1, 0.15) is 15.8 Å². The van der Waals surface area contributed by atoms with E-state index in [9.17, 15) is 4.79 Å². The molecule has 142 valence electrons. The Labute approximate surface area is 169 Å². The van der Waals surface area contributed by atoms with E-state index in [-0.39, 0.29) is 5.91 Å². The van der Waals surface area contributed by atoms with Gasteiger partial charge in [-0.1, -0.05) is 37.8 Å². The van der Waals surface area contributed by atoms with Gasteiger partial charge in [-0.15, -0.1) is 0 Å². The zero-order valence-electron chi connectivity index (χ0n) is 15.9. The normalized spacial score (nSPS) is 16.0. The first-order valence-electron chi connectivity index (χ1n) is 8.95. The van der Waals surface area contributed by atoms with E-state index in [2.05, 4.69) is 19.9 Å². The van der Waals surface area contributed by atoms with Crippen LogP contribution in [0.4, 0.5) is 0 Å². The maximum atomic E-state index is 12.8. The first-order valence-corrected chi connectivity index (χ1v) is 10.2. The van der Waals surface area contributed by atoms with E-state index in [1.54, 1.807) is 17.2 Å². The Morgan fingerprint density at radius 3 is 2.78 bits per heavy atom. The number of hydrogen-bond acceptors (Lipinski definition) is 5. The predicted molar refractivity (Wildman–Crippen MR) is 114 cm³/mol.